The molecule has 7 nitrogen and oxygen atoms in total. The molecular formula is C19H28N2O5S. The second-order valence-electron chi connectivity index (χ2n) is 7.32. The van der Waals surface area contributed by atoms with E-state index in [9.17, 15) is 18.0 Å². The van der Waals surface area contributed by atoms with Gasteiger partial charge in [-0.1, -0.05) is 38.3 Å². The van der Waals surface area contributed by atoms with E-state index in [1.807, 2.05) is 0 Å². The average Bonchev–Trinajstić information content (AvgIpc) is 2.62. The average molecular weight is 397 g/mol. The number of hydrogen-bond acceptors (Lipinski definition) is 4. The lowest BCUT2D eigenvalue weighted by Crippen LogP contribution is -2.36. The molecule has 0 bridgehead atoms. The number of sulfone groups is 1. The molecule has 27 heavy (non-hydrogen) atoms. The Kier molecular flexibility index (Phi) is 7.24. The summed E-state index contributed by atoms with van der Waals surface area (Å²) in [5.41, 5.74) is 1.13. The number of anilines is 1. The maximum atomic E-state index is 12.6. The second-order valence-corrected chi connectivity index (χ2v) is 9.60. The van der Waals surface area contributed by atoms with E-state index in [1.54, 1.807) is 24.3 Å². The lowest BCUT2D eigenvalue weighted by molar-refractivity contribution is -0.141. The van der Waals surface area contributed by atoms with E-state index in [1.165, 1.54) is 18.9 Å². The Hall–Kier alpha value is -2.09. The van der Waals surface area contributed by atoms with Crippen LogP contribution in [0.25, 0.3) is 0 Å². The minimum absolute atomic E-state index is 0.0345. The number of carbonyl (C=O) groups is 2. The molecule has 1 aromatic carbocycles. The lowest BCUT2D eigenvalue weighted by Gasteiger charge is -2.22. The molecule has 1 atom stereocenters. The van der Waals surface area contributed by atoms with Crippen LogP contribution in [0.5, 0.6) is 0 Å². The summed E-state index contributed by atoms with van der Waals surface area (Å²) in [4.78, 5) is 24.4. The van der Waals surface area contributed by atoms with Gasteiger partial charge in [0.25, 0.3) is 0 Å². The van der Waals surface area contributed by atoms with E-state index in [2.05, 4.69) is 5.32 Å². The topological polar surface area (TPSA) is 104 Å². The van der Waals surface area contributed by atoms with E-state index in [0.717, 1.165) is 32.1 Å². The lowest BCUT2D eigenvalue weighted by atomic mass is 10.0. The molecule has 1 aliphatic rings. The van der Waals surface area contributed by atoms with Crippen molar-refractivity contribution in [2.45, 2.75) is 50.0 Å². The highest BCUT2D eigenvalue weighted by atomic mass is 32.2. The maximum absolute atomic E-state index is 12.6. The zero-order chi connectivity index (χ0) is 20.0. The van der Waals surface area contributed by atoms with Crippen molar-refractivity contribution >= 4 is 27.5 Å². The van der Waals surface area contributed by atoms with E-state index in [0.29, 0.717) is 11.3 Å². The third-order valence-corrected chi connectivity index (χ3v) is 7.15. The van der Waals surface area contributed by atoms with Crippen molar-refractivity contribution in [3.8, 4) is 0 Å². The summed E-state index contributed by atoms with van der Waals surface area (Å²) >= 11 is 0. The molecule has 0 aromatic heterocycles. The Morgan fingerprint density at radius 3 is 2.56 bits per heavy atom. The van der Waals surface area contributed by atoms with E-state index in [4.69, 9.17) is 5.11 Å². The number of aliphatic carboxylic acids is 1. The summed E-state index contributed by atoms with van der Waals surface area (Å²) in [6.45, 7) is 1.61. The Morgan fingerprint density at radius 1 is 1.26 bits per heavy atom. The van der Waals surface area contributed by atoms with Gasteiger partial charge in [0.05, 0.1) is 16.9 Å². The van der Waals surface area contributed by atoms with E-state index < -0.39 is 27.8 Å². The molecule has 0 aliphatic heterocycles. The monoisotopic (exact) mass is 396 g/mol. The highest BCUT2D eigenvalue weighted by molar-refractivity contribution is 7.91. The molecule has 2 amide bonds. The van der Waals surface area contributed by atoms with Gasteiger partial charge < -0.3 is 15.3 Å². The highest BCUT2D eigenvalue weighted by Gasteiger charge is 2.27. The highest BCUT2D eigenvalue weighted by Crippen LogP contribution is 2.26. The van der Waals surface area contributed by atoms with Crippen LogP contribution in [-0.2, 0) is 20.4 Å². The van der Waals surface area contributed by atoms with Crippen molar-refractivity contribution in [2.75, 3.05) is 18.9 Å². The third kappa shape index (κ3) is 6.23. The molecule has 0 heterocycles. The first-order valence-corrected chi connectivity index (χ1v) is 11.0. The van der Waals surface area contributed by atoms with Gasteiger partial charge in [-0.2, -0.15) is 0 Å². The molecule has 0 radical (unpaired) electrons. The minimum atomic E-state index is -3.21. The number of carboxylic acids is 1. The molecule has 1 aromatic rings. The fraction of sp³-hybridized carbons (Fsp3) is 0.579. The molecular weight excluding hydrogens is 368 g/mol. The number of rotatable bonds is 7. The van der Waals surface area contributed by atoms with Crippen LogP contribution in [0.1, 0.15) is 44.6 Å². The summed E-state index contributed by atoms with van der Waals surface area (Å²) in [7, 11) is -1.69. The summed E-state index contributed by atoms with van der Waals surface area (Å²) in [6.07, 6.45) is 4.47. The Labute approximate surface area is 160 Å². The Morgan fingerprint density at radius 2 is 1.93 bits per heavy atom. The van der Waals surface area contributed by atoms with Crippen molar-refractivity contribution in [2.24, 2.45) is 5.92 Å². The standard InChI is InChI=1S/C19H28N2O5S/c1-14(18(22)23)12-21(2)19(24)20-16-8-6-7-15(11-16)13-27(25,26)17-9-4-3-5-10-17/h6-8,11,14,17H,3-5,9-10,12-13H2,1-2H3,(H,20,24)(H,22,23). The van der Waals surface area contributed by atoms with Crippen molar-refractivity contribution in [3.05, 3.63) is 29.8 Å². The molecule has 2 rings (SSSR count). The first-order valence-electron chi connectivity index (χ1n) is 9.24. The fourth-order valence-corrected chi connectivity index (χ4v) is 5.24. The minimum Gasteiger partial charge on any atom is -0.481 e. The third-order valence-electron chi connectivity index (χ3n) is 4.92. The van der Waals surface area contributed by atoms with Crippen molar-refractivity contribution in [1.82, 2.24) is 4.90 Å². The Bertz CT molecular complexity index is 772. The van der Waals surface area contributed by atoms with Gasteiger partial charge in [0.15, 0.2) is 9.84 Å². The molecule has 1 saturated carbocycles. The van der Waals surface area contributed by atoms with Crippen LogP contribution in [0.2, 0.25) is 0 Å². The van der Waals surface area contributed by atoms with Gasteiger partial charge in [0.1, 0.15) is 0 Å². The fourth-order valence-electron chi connectivity index (χ4n) is 3.30. The molecule has 2 N–H and O–H groups in total. The van der Waals surface area contributed by atoms with Crippen LogP contribution >= 0.6 is 0 Å². The number of carboxylic acid groups (broad SMARTS) is 1. The quantitative estimate of drug-likeness (QED) is 0.737. The Balaban J connectivity index is 2.00. The molecule has 0 spiro atoms. The molecule has 1 aliphatic carbocycles. The number of nitrogens with zero attached hydrogens (tertiary/aromatic N) is 1. The van der Waals surface area contributed by atoms with Crippen molar-refractivity contribution < 1.29 is 23.1 Å². The van der Waals surface area contributed by atoms with Crippen LogP contribution in [-0.4, -0.2) is 49.3 Å². The number of carbonyl (C=O) groups excluding carboxylic acids is 1. The van der Waals surface area contributed by atoms with Crippen LogP contribution in [0.3, 0.4) is 0 Å². The number of hydrogen-bond donors (Lipinski definition) is 2. The largest absolute Gasteiger partial charge is 0.481 e. The van der Waals surface area contributed by atoms with Crippen molar-refractivity contribution in [3.63, 3.8) is 0 Å². The van der Waals surface area contributed by atoms with Gasteiger partial charge in [-0.15, -0.1) is 0 Å². The zero-order valence-electron chi connectivity index (χ0n) is 15.8. The summed E-state index contributed by atoms with van der Waals surface area (Å²) < 4.78 is 25.3. The number of benzene rings is 1. The van der Waals surface area contributed by atoms with Gasteiger partial charge in [-0.3, -0.25) is 4.79 Å². The maximum Gasteiger partial charge on any atom is 0.321 e. The van der Waals surface area contributed by atoms with Gasteiger partial charge in [-0.25, -0.2) is 13.2 Å². The van der Waals surface area contributed by atoms with Crippen molar-refractivity contribution in [1.29, 1.82) is 0 Å². The predicted molar refractivity (Wildman–Crippen MR) is 104 cm³/mol. The molecule has 8 heteroatoms. The first-order chi connectivity index (χ1) is 12.7. The number of nitrogens with one attached hydrogen (secondary N) is 1. The van der Waals surface area contributed by atoms with Gasteiger partial charge >= 0.3 is 12.0 Å². The van der Waals surface area contributed by atoms with Crippen LogP contribution < -0.4 is 5.32 Å². The number of amides is 2. The second kappa shape index (κ2) is 9.21. The van der Waals surface area contributed by atoms with Crippen LogP contribution in [0.15, 0.2) is 24.3 Å². The van der Waals surface area contributed by atoms with Gasteiger partial charge in [0.2, 0.25) is 0 Å². The summed E-state index contributed by atoms with van der Waals surface area (Å²) in [5.74, 6) is -1.68. The normalized spacial score (nSPS) is 16.5. The molecule has 1 fully saturated rings. The summed E-state index contributed by atoms with van der Waals surface area (Å²) in [6, 6.07) is 6.36. The predicted octanol–water partition coefficient (Wildman–Crippen LogP) is 3.12. The van der Waals surface area contributed by atoms with Crippen LogP contribution in [0, 0.1) is 5.92 Å². The molecule has 1 unspecified atom stereocenters. The van der Waals surface area contributed by atoms with Crippen LogP contribution in [0.4, 0.5) is 10.5 Å². The first kappa shape index (κ1) is 21.2. The molecule has 0 saturated heterocycles. The molecule has 150 valence electrons. The number of urea groups is 1. The SMILES string of the molecule is CC(CN(C)C(=O)Nc1cccc(CS(=O)(=O)C2CCCCC2)c1)C(=O)O. The van der Waals surface area contributed by atoms with E-state index in [-0.39, 0.29) is 17.5 Å². The smallest absolute Gasteiger partial charge is 0.321 e. The van der Waals surface area contributed by atoms with Gasteiger partial charge in [0, 0.05) is 19.3 Å². The van der Waals surface area contributed by atoms with E-state index >= 15 is 0 Å². The summed E-state index contributed by atoms with van der Waals surface area (Å²) in [5, 5.41) is 11.4. The zero-order valence-corrected chi connectivity index (χ0v) is 16.7. The van der Waals surface area contributed by atoms with Gasteiger partial charge in [-0.05, 0) is 30.5 Å².